The third-order valence-electron chi connectivity index (χ3n) is 2.57. The Balaban J connectivity index is 2.95. The summed E-state index contributed by atoms with van der Waals surface area (Å²) in [5.74, 6) is -0.936. The van der Waals surface area contributed by atoms with Crippen LogP contribution < -0.4 is 0 Å². The molecule has 0 unspecified atom stereocenters. The van der Waals surface area contributed by atoms with Crippen molar-refractivity contribution in [1.82, 2.24) is 0 Å². The van der Waals surface area contributed by atoms with Gasteiger partial charge in [0, 0.05) is 0 Å². The fourth-order valence-corrected chi connectivity index (χ4v) is 1.49. The van der Waals surface area contributed by atoms with Crippen LogP contribution in [0.2, 0.25) is 0 Å². The number of nitrogens with zero attached hydrogens (tertiary/aromatic N) is 1. The molecule has 0 aliphatic carbocycles. The van der Waals surface area contributed by atoms with Crippen molar-refractivity contribution in [3.63, 3.8) is 0 Å². The number of aliphatic hydroxyl groups is 2. The Morgan fingerprint density at radius 1 is 1.69 bits per heavy atom. The Hall–Kier alpha value is -1.34. The molecule has 0 spiro atoms. The first-order valence-corrected chi connectivity index (χ1v) is 5.01. The molecule has 0 amide bonds. The SMILES string of the molecule is CCOC(=O)C1=[N+]([O-])O[C@@](CC)(CO)[C@@H]1O. The van der Waals surface area contributed by atoms with Crippen molar-refractivity contribution < 1.29 is 29.5 Å². The van der Waals surface area contributed by atoms with E-state index in [0.717, 1.165) is 0 Å². The molecule has 0 bridgehead atoms. The topological polar surface area (TPSA) is 102 Å². The molecule has 0 saturated carbocycles. The highest BCUT2D eigenvalue weighted by atomic mass is 16.9. The highest BCUT2D eigenvalue weighted by molar-refractivity contribution is 6.36. The molecule has 1 heterocycles. The zero-order chi connectivity index (χ0) is 12.3. The molecule has 7 nitrogen and oxygen atoms in total. The number of hydrogen-bond donors (Lipinski definition) is 2. The van der Waals surface area contributed by atoms with Gasteiger partial charge < -0.3 is 19.8 Å². The first-order chi connectivity index (χ1) is 7.52. The number of esters is 1. The molecule has 16 heavy (non-hydrogen) atoms. The lowest BCUT2D eigenvalue weighted by atomic mass is 9.92. The van der Waals surface area contributed by atoms with Gasteiger partial charge in [0.15, 0.2) is 6.10 Å². The zero-order valence-electron chi connectivity index (χ0n) is 9.17. The van der Waals surface area contributed by atoms with Crippen molar-refractivity contribution in [3.8, 4) is 0 Å². The van der Waals surface area contributed by atoms with Crippen molar-refractivity contribution >= 4 is 11.7 Å². The summed E-state index contributed by atoms with van der Waals surface area (Å²) in [6, 6.07) is 0. The van der Waals surface area contributed by atoms with E-state index in [1.54, 1.807) is 13.8 Å². The van der Waals surface area contributed by atoms with Gasteiger partial charge in [0.1, 0.15) is 5.60 Å². The van der Waals surface area contributed by atoms with Crippen LogP contribution in [-0.2, 0) is 14.4 Å². The minimum Gasteiger partial charge on any atom is -0.458 e. The Labute approximate surface area is 92.4 Å². The molecule has 1 rings (SSSR count). The molecule has 0 fully saturated rings. The second kappa shape index (κ2) is 4.67. The maximum absolute atomic E-state index is 11.4. The van der Waals surface area contributed by atoms with Gasteiger partial charge in [-0.3, -0.25) is 5.21 Å². The lowest BCUT2D eigenvalue weighted by Crippen LogP contribution is -2.48. The van der Waals surface area contributed by atoms with Gasteiger partial charge in [-0.05, 0) is 13.3 Å². The van der Waals surface area contributed by atoms with E-state index in [0.29, 0.717) is 0 Å². The molecule has 7 heteroatoms. The van der Waals surface area contributed by atoms with Gasteiger partial charge in [0.25, 0.3) is 0 Å². The second-order valence-electron chi connectivity index (χ2n) is 3.43. The number of hydrogen-bond acceptors (Lipinski definition) is 6. The number of carbonyl (C=O) groups is 1. The number of ether oxygens (including phenoxy) is 1. The molecule has 2 N–H and O–H groups in total. The number of carbonyl (C=O) groups excluding carboxylic acids is 1. The maximum atomic E-state index is 11.4. The molecule has 92 valence electrons. The lowest BCUT2D eigenvalue weighted by molar-refractivity contribution is -0.753. The highest BCUT2D eigenvalue weighted by Crippen LogP contribution is 2.27. The predicted octanol–water partition coefficient (Wildman–Crippen LogP) is -1.05. The number of rotatable bonds is 4. The summed E-state index contributed by atoms with van der Waals surface area (Å²) in [5, 5.41) is 30.2. The standard InChI is InChI=1S/C9H15NO6/c1-3-9(5-11)7(12)6(10(14)16-9)8(13)15-4-2/h7,11-12H,3-5H2,1-2H3/t7-,9+/m1/s1. The van der Waals surface area contributed by atoms with E-state index in [4.69, 9.17) is 9.94 Å². The minimum atomic E-state index is -1.49. The van der Waals surface area contributed by atoms with Crippen molar-refractivity contribution in [3.05, 3.63) is 5.21 Å². The zero-order valence-corrected chi connectivity index (χ0v) is 9.17. The van der Waals surface area contributed by atoms with Gasteiger partial charge in [-0.2, -0.15) is 0 Å². The van der Waals surface area contributed by atoms with Crippen LogP contribution in [-0.4, -0.2) is 51.7 Å². The third kappa shape index (κ3) is 1.83. The van der Waals surface area contributed by atoms with Crippen LogP contribution in [0.4, 0.5) is 0 Å². The summed E-state index contributed by atoms with van der Waals surface area (Å²) in [7, 11) is 0. The summed E-state index contributed by atoms with van der Waals surface area (Å²) in [5.41, 5.74) is -1.98. The molecule has 0 aromatic carbocycles. The normalized spacial score (nSPS) is 29.1. The van der Waals surface area contributed by atoms with E-state index in [2.05, 4.69) is 4.74 Å². The van der Waals surface area contributed by atoms with Gasteiger partial charge in [0.2, 0.25) is 0 Å². The van der Waals surface area contributed by atoms with Gasteiger partial charge in [-0.25, -0.2) is 4.79 Å². The summed E-state index contributed by atoms with van der Waals surface area (Å²) in [6.45, 7) is 2.73. The van der Waals surface area contributed by atoms with Crippen LogP contribution in [0.25, 0.3) is 0 Å². The molecule has 0 saturated heterocycles. The first kappa shape index (κ1) is 12.7. The van der Waals surface area contributed by atoms with E-state index >= 15 is 0 Å². The Kier molecular flexibility index (Phi) is 3.71. The lowest BCUT2D eigenvalue weighted by Gasteiger charge is -2.28. The third-order valence-corrected chi connectivity index (χ3v) is 2.57. The molecule has 1 aliphatic heterocycles. The van der Waals surface area contributed by atoms with Gasteiger partial charge in [0.05, 0.1) is 18.1 Å². The van der Waals surface area contributed by atoms with Gasteiger partial charge >= 0.3 is 11.7 Å². The number of aliphatic hydroxyl groups excluding tert-OH is 2. The predicted molar refractivity (Wildman–Crippen MR) is 52.5 cm³/mol. The molecule has 0 aromatic rings. The Morgan fingerprint density at radius 3 is 2.69 bits per heavy atom. The van der Waals surface area contributed by atoms with E-state index in [9.17, 15) is 15.1 Å². The minimum absolute atomic E-state index is 0.0810. The van der Waals surface area contributed by atoms with Crippen LogP contribution in [0.5, 0.6) is 0 Å². The first-order valence-electron chi connectivity index (χ1n) is 5.01. The quantitative estimate of drug-likeness (QED) is 0.474. The van der Waals surface area contributed by atoms with E-state index in [1.165, 1.54) is 0 Å². The molecule has 2 atom stereocenters. The molecule has 0 aromatic heterocycles. The average Bonchev–Trinajstić information content (AvgIpc) is 2.51. The van der Waals surface area contributed by atoms with Crippen molar-refractivity contribution in [1.29, 1.82) is 0 Å². The summed E-state index contributed by atoms with van der Waals surface area (Å²) >= 11 is 0. The average molecular weight is 233 g/mol. The summed E-state index contributed by atoms with van der Waals surface area (Å²) in [6.07, 6.45) is -1.30. The Bertz CT molecular complexity index is 309. The van der Waals surface area contributed by atoms with Crippen LogP contribution in [0.15, 0.2) is 0 Å². The van der Waals surface area contributed by atoms with Crippen LogP contribution >= 0.6 is 0 Å². The fourth-order valence-electron chi connectivity index (χ4n) is 1.49. The van der Waals surface area contributed by atoms with E-state index in [1.807, 2.05) is 0 Å². The fraction of sp³-hybridized carbons (Fsp3) is 0.778. The van der Waals surface area contributed by atoms with Crippen molar-refractivity contribution in [2.75, 3.05) is 13.2 Å². The monoisotopic (exact) mass is 233 g/mol. The van der Waals surface area contributed by atoms with Crippen LogP contribution in [0.3, 0.4) is 0 Å². The van der Waals surface area contributed by atoms with Gasteiger partial charge in [-0.1, -0.05) is 6.92 Å². The van der Waals surface area contributed by atoms with Gasteiger partial charge in [-0.15, -0.1) is 0 Å². The smallest absolute Gasteiger partial charge is 0.408 e. The summed E-state index contributed by atoms with van der Waals surface area (Å²) in [4.78, 5) is 16.1. The maximum Gasteiger partial charge on any atom is 0.408 e. The largest absolute Gasteiger partial charge is 0.458 e. The van der Waals surface area contributed by atoms with Crippen molar-refractivity contribution in [2.45, 2.75) is 32.0 Å². The molecular weight excluding hydrogens is 218 g/mol. The Morgan fingerprint density at radius 2 is 2.31 bits per heavy atom. The molecule has 0 radical (unpaired) electrons. The highest BCUT2D eigenvalue weighted by Gasteiger charge is 2.53. The molecule has 1 aliphatic rings. The van der Waals surface area contributed by atoms with E-state index < -0.39 is 30.0 Å². The van der Waals surface area contributed by atoms with E-state index in [-0.39, 0.29) is 17.9 Å². The van der Waals surface area contributed by atoms with Crippen molar-refractivity contribution in [2.24, 2.45) is 0 Å². The second-order valence-corrected chi connectivity index (χ2v) is 3.43. The van der Waals surface area contributed by atoms with Crippen LogP contribution in [0, 0.1) is 5.21 Å². The van der Waals surface area contributed by atoms with Crippen LogP contribution in [0.1, 0.15) is 20.3 Å². The molecular formula is C9H15NO6. The summed E-state index contributed by atoms with van der Waals surface area (Å²) < 4.78 is 4.61.